The van der Waals surface area contributed by atoms with Gasteiger partial charge in [-0.05, 0) is 54.7 Å². The average molecular weight is 348 g/mol. The van der Waals surface area contributed by atoms with Crippen LogP contribution in [0.3, 0.4) is 0 Å². The van der Waals surface area contributed by atoms with Gasteiger partial charge in [-0.1, -0.05) is 38.1 Å². The van der Waals surface area contributed by atoms with E-state index in [0.717, 1.165) is 35.8 Å². The lowest BCUT2D eigenvalue weighted by molar-refractivity contribution is 0.464. The summed E-state index contributed by atoms with van der Waals surface area (Å²) in [7, 11) is -3.54. The molecule has 0 saturated heterocycles. The maximum atomic E-state index is 11.4. The Balaban J connectivity index is 2.52. The van der Waals surface area contributed by atoms with E-state index in [4.69, 9.17) is 4.18 Å². The van der Waals surface area contributed by atoms with E-state index < -0.39 is 10.1 Å². The molecule has 0 aliphatic heterocycles. The summed E-state index contributed by atoms with van der Waals surface area (Å²) in [4.78, 5) is 0. The molecule has 5 heteroatoms. The Morgan fingerprint density at radius 3 is 2.00 bits per heavy atom. The molecule has 0 spiro atoms. The summed E-state index contributed by atoms with van der Waals surface area (Å²) in [6, 6.07) is 12.9. The first kappa shape index (κ1) is 18.3. The molecule has 2 aromatic carbocycles. The van der Waals surface area contributed by atoms with Crippen molar-refractivity contribution in [1.29, 1.82) is 0 Å². The topological polar surface area (TPSA) is 63.6 Å². The van der Waals surface area contributed by atoms with Gasteiger partial charge in [0.2, 0.25) is 0 Å². The Morgan fingerprint density at radius 1 is 1.00 bits per heavy atom. The smallest absolute Gasteiger partial charge is 0.306 e. The molecule has 0 atom stereocenters. The Bertz CT molecular complexity index is 804. The Labute approximate surface area is 144 Å². The van der Waals surface area contributed by atoms with Crippen LogP contribution >= 0.6 is 0 Å². The summed E-state index contributed by atoms with van der Waals surface area (Å²) < 4.78 is 27.7. The number of rotatable bonds is 6. The molecule has 130 valence electrons. The molecule has 1 N–H and O–H groups in total. The number of hydrogen-bond donors (Lipinski definition) is 1. The van der Waals surface area contributed by atoms with Crippen LogP contribution in [-0.2, 0) is 15.5 Å². The number of phenols is 1. The van der Waals surface area contributed by atoms with E-state index in [-0.39, 0.29) is 11.2 Å². The number of hydrogen-bond acceptors (Lipinski definition) is 4. The standard InChI is InChI=1S/C19H24O4S/c1-5-19(6-2,15-7-10-17(20)11-8-15)16-9-12-18(14(3)13-16)23-24(4,21)22/h7-13,20H,5-6H2,1-4H3. The van der Waals surface area contributed by atoms with E-state index in [1.165, 1.54) is 0 Å². The van der Waals surface area contributed by atoms with E-state index in [1.807, 2.05) is 31.2 Å². The second kappa shape index (κ2) is 6.85. The quantitative estimate of drug-likeness (QED) is 0.797. The van der Waals surface area contributed by atoms with Gasteiger partial charge in [-0.2, -0.15) is 8.42 Å². The molecule has 0 amide bonds. The molecule has 0 saturated carbocycles. The fraction of sp³-hybridized carbons (Fsp3) is 0.368. The van der Waals surface area contributed by atoms with Crippen molar-refractivity contribution in [1.82, 2.24) is 0 Å². The highest BCUT2D eigenvalue weighted by Gasteiger charge is 2.31. The molecular formula is C19H24O4S. The first-order valence-corrected chi connectivity index (χ1v) is 9.83. The molecular weight excluding hydrogens is 324 g/mol. The van der Waals surface area contributed by atoms with Crippen molar-refractivity contribution in [3.05, 3.63) is 59.2 Å². The van der Waals surface area contributed by atoms with Crippen LogP contribution in [0.5, 0.6) is 11.5 Å². The molecule has 0 aliphatic rings. The normalized spacial score (nSPS) is 12.2. The zero-order valence-corrected chi connectivity index (χ0v) is 15.4. The Hall–Kier alpha value is -2.01. The van der Waals surface area contributed by atoms with Crippen molar-refractivity contribution < 1.29 is 17.7 Å². The summed E-state index contributed by atoms with van der Waals surface area (Å²) in [5.41, 5.74) is 2.82. The minimum Gasteiger partial charge on any atom is -0.508 e. The SMILES string of the molecule is CCC(CC)(c1ccc(O)cc1)c1ccc(OS(C)(=O)=O)c(C)c1. The minimum absolute atomic E-state index is 0.192. The first-order chi connectivity index (χ1) is 11.2. The summed E-state index contributed by atoms with van der Waals surface area (Å²) in [5.74, 6) is 0.598. The predicted molar refractivity (Wildman–Crippen MR) is 96.1 cm³/mol. The summed E-state index contributed by atoms with van der Waals surface area (Å²) >= 11 is 0. The van der Waals surface area contributed by atoms with Crippen molar-refractivity contribution >= 4 is 10.1 Å². The van der Waals surface area contributed by atoms with Crippen molar-refractivity contribution in [2.45, 2.75) is 39.0 Å². The van der Waals surface area contributed by atoms with E-state index >= 15 is 0 Å². The van der Waals surface area contributed by atoms with Gasteiger partial charge in [0.05, 0.1) is 6.26 Å². The van der Waals surface area contributed by atoms with Gasteiger partial charge in [0, 0.05) is 5.41 Å². The van der Waals surface area contributed by atoms with Gasteiger partial charge < -0.3 is 9.29 Å². The lowest BCUT2D eigenvalue weighted by Crippen LogP contribution is -2.26. The summed E-state index contributed by atoms with van der Waals surface area (Å²) in [6.07, 6.45) is 2.82. The average Bonchev–Trinajstić information content (AvgIpc) is 2.52. The molecule has 0 unspecified atom stereocenters. The third kappa shape index (κ3) is 3.73. The molecule has 0 bridgehead atoms. The molecule has 0 heterocycles. The van der Waals surface area contributed by atoms with Gasteiger partial charge in [0.15, 0.2) is 0 Å². The number of aromatic hydroxyl groups is 1. The van der Waals surface area contributed by atoms with Crippen molar-refractivity contribution in [3.63, 3.8) is 0 Å². The number of benzene rings is 2. The van der Waals surface area contributed by atoms with Crippen LogP contribution in [0.1, 0.15) is 43.4 Å². The zero-order chi connectivity index (χ0) is 18.0. The first-order valence-electron chi connectivity index (χ1n) is 8.02. The molecule has 0 aromatic heterocycles. The van der Waals surface area contributed by atoms with Gasteiger partial charge in [0.25, 0.3) is 0 Å². The van der Waals surface area contributed by atoms with Crippen LogP contribution in [0.25, 0.3) is 0 Å². The van der Waals surface area contributed by atoms with Crippen molar-refractivity contribution in [2.24, 2.45) is 0 Å². The fourth-order valence-electron chi connectivity index (χ4n) is 3.22. The molecule has 0 aliphatic carbocycles. The maximum Gasteiger partial charge on any atom is 0.306 e. The van der Waals surface area contributed by atoms with Crippen molar-refractivity contribution in [2.75, 3.05) is 6.26 Å². The van der Waals surface area contributed by atoms with Crippen molar-refractivity contribution in [3.8, 4) is 11.5 Å². The predicted octanol–water partition coefficient (Wildman–Crippen LogP) is 4.15. The third-order valence-electron chi connectivity index (χ3n) is 4.60. The highest BCUT2D eigenvalue weighted by molar-refractivity contribution is 7.86. The minimum atomic E-state index is -3.54. The third-order valence-corrected chi connectivity index (χ3v) is 5.08. The number of phenolic OH excluding ortho intramolecular Hbond substituents is 1. The highest BCUT2D eigenvalue weighted by atomic mass is 32.2. The second-order valence-corrected chi connectivity index (χ2v) is 7.68. The van der Waals surface area contributed by atoms with Gasteiger partial charge in [0.1, 0.15) is 11.5 Å². The van der Waals surface area contributed by atoms with Crippen LogP contribution in [-0.4, -0.2) is 19.8 Å². The van der Waals surface area contributed by atoms with E-state index in [9.17, 15) is 13.5 Å². The van der Waals surface area contributed by atoms with Gasteiger partial charge in [-0.15, -0.1) is 0 Å². The molecule has 2 aromatic rings. The van der Waals surface area contributed by atoms with Crippen LogP contribution in [0.15, 0.2) is 42.5 Å². The molecule has 4 nitrogen and oxygen atoms in total. The monoisotopic (exact) mass is 348 g/mol. The maximum absolute atomic E-state index is 11.4. The van der Waals surface area contributed by atoms with E-state index in [0.29, 0.717) is 5.75 Å². The largest absolute Gasteiger partial charge is 0.508 e. The lowest BCUT2D eigenvalue weighted by atomic mass is 9.70. The molecule has 0 radical (unpaired) electrons. The molecule has 2 rings (SSSR count). The van der Waals surface area contributed by atoms with Crippen LogP contribution in [0.4, 0.5) is 0 Å². The van der Waals surface area contributed by atoms with Crippen LogP contribution in [0, 0.1) is 6.92 Å². The highest BCUT2D eigenvalue weighted by Crippen LogP contribution is 2.40. The van der Waals surface area contributed by atoms with E-state index in [2.05, 4.69) is 13.8 Å². The van der Waals surface area contributed by atoms with Crippen LogP contribution in [0.2, 0.25) is 0 Å². The zero-order valence-electron chi connectivity index (χ0n) is 14.5. The fourth-order valence-corrected chi connectivity index (χ4v) is 3.73. The van der Waals surface area contributed by atoms with Gasteiger partial charge >= 0.3 is 10.1 Å². The summed E-state index contributed by atoms with van der Waals surface area (Å²) in [6.45, 7) is 6.11. The second-order valence-electron chi connectivity index (χ2n) is 6.10. The summed E-state index contributed by atoms with van der Waals surface area (Å²) in [5, 5.41) is 9.55. The van der Waals surface area contributed by atoms with Gasteiger partial charge in [-0.3, -0.25) is 0 Å². The van der Waals surface area contributed by atoms with Crippen LogP contribution < -0.4 is 4.18 Å². The van der Waals surface area contributed by atoms with Gasteiger partial charge in [-0.25, -0.2) is 0 Å². The lowest BCUT2D eigenvalue weighted by Gasteiger charge is -2.33. The Kier molecular flexibility index (Phi) is 5.23. The molecule has 0 fully saturated rings. The molecule has 24 heavy (non-hydrogen) atoms. The van der Waals surface area contributed by atoms with E-state index in [1.54, 1.807) is 18.2 Å². The Morgan fingerprint density at radius 2 is 1.54 bits per heavy atom. The number of aryl methyl sites for hydroxylation is 1.